The van der Waals surface area contributed by atoms with E-state index in [4.69, 9.17) is 5.16 Å². The first kappa shape index (κ1) is 15.1. The molecule has 0 heterocycles. The first-order chi connectivity index (χ1) is 7.10. The fourth-order valence-corrected chi connectivity index (χ4v) is 4.70. The van der Waals surface area contributed by atoms with Crippen LogP contribution in [0.25, 0.3) is 0 Å². The number of hydrogen-bond donors (Lipinski definition) is 2. The maximum Gasteiger partial charge on any atom is 0.162 e. The van der Waals surface area contributed by atoms with Gasteiger partial charge in [-0.15, -0.1) is 0 Å². The molecule has 0 unspecified atom stereocenters. The molecule has 0 aromatic carbocycles. The Morgan fingerprint density at radius 2 is 1.20 bits per heavy atom. The predicted octanol–water partition coefficient (Wildman–Crippen LogP) is 2.80. The monoisotopic (exact) mass is 234 g/mol. The largest absolute Gasteiger partial charge is 0.277 e. The van der Waals surface area contributed by atoms with Crippen LogP contribution in [0.5, 0.6) is 0 Å². The zero-order valence-electron chi connectivity index (χ0n) is 10.9. The summed E-state index contributed by atoms with van der Waals surface area (Å²) in [6, 6.07) is 0. The van der Waals surface area contributed by atoms with E-state index in [1.807, 2.05) is 0 Å². The molecule has 0 atom stereocenters. The number of rotatable bonds is 8. The van der Waals surface area contributed by atoms with Crippen LogP contribution >= 0.6 is 7.51 Å². The summed E-state index contributed by atoms with van der Waals surface area (Å²) in [6.45, 7) is 15.2. The first-order valence-corrected chi connectivity index (χ1v) is 7.70. The van der Waals surface area contributed by atoms with E-state index in [1.54, 1.807) is 0 Å². The maximum absolute atomic E-state index is 8.69. The summed E-state index contributed by atoms with van der Waals surface area (Å²) in [4.78, 5) is 0. The molecule has 0 aliphatic carbocycles. The topological polar surface area (TPSA) is 42.4 Å². The molecule has 2 N–H and O–H groups in total. The molecule has 0 amide bonds. The van der Waals surface area contributed by atoms with Crippen LogP contribution in [0.4, 0.5) is 0 Å². The highest BCUT2D eigenvalue weighted by Crippen LogP contribution is 2.49. The smallest absolute Gasteiger partial charge is 0.162 e. The van der Waals surface area contributed by atoms with Crippen molar-refractivity contribution in [3.05, 3.63) is 0 Å². The van der Waals surface area contributed by atoms with Crippen LogP contribution in [0.2, 0.25) is 0 Å². The Kier molecular flexibility index (Phi) is 7.45. The van der Waals surface area contributed by atoms with Gasteiger partial charge in [0.15, 0.2) is 7.51 Å². The second-order valence-electron chi connectivity index (χ2n) is 3.39. The third-order valence-electron chi connectivity index (χ3n) is 2.66. The average Bonchev–Trinajstić information content (AvgIpc) is 2.21. The van der Waals surface area contributed by atoms with Crippen molar-refractivity contribution >= 4 is 7.51 Å². The van der Waals surface area contributed by atoms with Gasteiger partial charge in [0.1, 0.15) is 0 Å². The Morgan fingerprint density at radius 1 is 0.867 bits per heavy atom. The van der Waals surface area contributed by atoms with Gasteiger partial charge in [0.2, 0.25) is 0 Å². The van der Waals surface area contributed by atoms with E-state index in [1.165, 1.54) is 0 Å². The van der Waals surface area contributed by atoms with Crippen molar-refractivity contribution in [2.24, 2.45) is 0 Å². The van der Waals surface area contributed by atoms with E-state index < -0.39 is 7.51 Å². The zero-order chi connectivity index (χ0) is 11.9. The third kappa shape index (κ3) is 3.56. The lowest BCUT2D eigenvalue weighted by Crippen LogP contribution is -2.38. The summed E-state index contributed by atoms with van der Waals surface area (Å²) < 4.78 is 4.51. The van der Waals surface area contributed by atoms with Gasteiger partial charge in [0.05, 0.1) is 0 Å². The quantitative estimate of drug-likeness (QED) is 0.635. The summed E-state index contributed by atoms with van der Waals surface area (Å²) in [7, 11) is -2.02. The van der Waals surface area contributed by atoms with E-state index in [0.717, 1.165) is 32.7 Å². The number of hydrogen-bond acceptors (Lipinski definition) is 1. The van der Waals surface area contributed by atoms with Crippen LogP contribution < -0.4 is 5.09 Å². The zero-order valence-corrected chi connectivity index (χ0v) is 11.8. The molecule has 0 saturated carbocycles. The Morgan fingerprint density at radius 3 is 1.40 bits per heavy atom. The molecule has 0 aromatic heterocycles. The fourth-order valence-electron chi connectivity index (χ4n) is 1.87. The highest BCUT2D eigenvalue weighted by Gasteiger charge is 2.27. The lowest BCUT2D eigenvalue weighted by molar-refractivity contribution is 0.401. The van der Waals surface area contributed by atoms with Gasteiger partial charge in [-0.25, -0.2) is 9.34 Å². The summed E-state index contributed by atoms with van der Waals surface area (Å²) in [5.74, 6) is 0. The molecule has 5 heteroatoms. The highest BCUT2D eigenvalue weighted by molar-refractivity contribution is 7.58. The van der Waals surface area contributed by atoms with E-state index in [0.29, 0.717) is 0 Å². The first-order valence-electron chi connectivity index (χ1n) is 6.00. The van der Waals surface area contributed by atoms with Crippen molar-refractivity contribution in [2.45, 2.75) is 34.6 Å². The Hall–Kier alpha value is 0.110. The van der Waals surface area contributed by atoms with Gasteiger partial charge in [-0.3, -0.25) is 10.2 Å². The molecule has 0 radical (unpaired) electrons. The van der Waals surface area contributed by atoms with E-state index in [-0.39, 0.29) is 0 Å². The van der Waals surface area contributed by atoms with Gasteiger partial charge in [-0.2, -0.15) is 0 Å². The molecule has 0 rings (SSSR count). The minimum atomic E-state index is -2.02. The molecule has 0 bridgehead atoms. The predicted molar refractivity (Wildman–Crippen MR) is 69.2 cm³/mol. The van der Waals surface area contributed by atoms with Crippen LogP contribution in [-0.4, -0.2) is 42.1 Å². The molecular weight excluding hydrogens is 207 g/mol. The molecular formula is C10H27N4P. The lowest BCUT2D eigenvalue weighted by Gasteiger charge is -2.41. The van der Waals surface area contributed by atoms with Gasteiger partial charge in [0, 0.05) is 26.2 Å². The second-order valence-corrected chi connectivity index (χ2v) is 6.04. The summed E-state index contributed by atoms with van der Waals surface area (Å²) >= 11 is 0. The van der Waals surface area contributed by atoms with Crippen molar-refractivity contribution in [3.8, 4) is 0 Å². The third-order valence-corrected chi connectivity index (χ3v) is 6.18. The van der Waals surface area contributed by atoms with Crippen molar-refractivity contribution in [2.75, 3.05) is 32.7 Å². The lowest BCUT2D eigenvalue weighted by atomic mass is 10.7. The number of nitrogens with zero attached hydrogens (tertiary/aromatic N) is 2. The molecule has 0 saturated heterocycles. The molecule has 0 aliphatic heterocycles. The molecule has 92 valence electrons. The van der Waals surface area contributed by atoms with Crippen molar-refractivity contribution in [1.29, 1.82) is 5.16 Å². The summed E-state index contributed by atoms with van der Waals surface area (Å²) in [5.41, 5.74) is 0. The molecule has 0 spiro atoms. The molecule has 4 nitrogen and oxygen atoms in total. The van der Waals surface area contributed by atoms with Crippen LogP contribution in [0.1, 0.15) is 34.6 Å². The van der Waals surface area contributed by atoms with Gasteiger partial charge in [-0.05, 0) is 6.54 Å². The van der Waals surface area contributed by atoms with E-state index >= 15 is 0 Å². The van der Waals surface area contributed by atoms with Crippen LogP contribution in [0.3, 0.4) is 0 Å². The van der Waals surface area contributed by atoms with Gasteiger partial charge in [0.25, 0.3) is 0 Å². The maximum atomic E-state index is 8.69. The standard InChI is InChI=1S/C10H27N4P/c1-6-12-15(11,13(7-2)8-3)14(9-4)10-5/h6-10H2,1-5H3,(H2,11,12). The van der Waals surface area contributed by atoms with Crippen molar-refractivity contribution < 1.29 is 0 Å². The fraction of sp³-hybridized carbons (Fsp3) is 1.00. The van der Waals surface area contributed by atoms with Crippen LogP contribution in [0.15, 0.2) is 0 Å². The van der Waals surface area contributed by atoms with Crippen LogP contribution in [-0.2, 0) is 0 Å². The van der Waals surface area contributed by atoms with Crippen LogP contribution in [0, 0.1) is 5.16 Å². The highest BCUT2D eigenvalue weighted by atomic mass is 31.2. The minimum absolute atomic E-state index is 0.865. The second kappa shape index (κ2) is 7.39. The normalized spacial score (nSPS) is 12.7. The summed E-state index contributed by atoms with van der Waals surface area (Å²) in [5, 5.41) is 12.1. The van der Waals surface area contributed by atoms with Gasteiger partial charge >= 0.3 is 0 Å². The number of nitrogens with one attached hydrogen (secondary N) is 2. The Balaban J connectivity index is 4.92. The SMILES string of the molecule is CCNP(=N)(N(CC)CC)N(CC)CC. The van der Waals surface area contributed by atoms with E-state index in [2.05, 4.69) is 49.0 Å². The minimum Gasteiger partial charge on any atom is -0.277 e. The molecule has 0 aromatic rings. The Bertz CT molecular complexity index is 184. The summed E-state index contributed by atoms with van der Waals surface area (Å²) in [6.07, 6.45) is 0. The Labute approximate surface area is 95.0 Å². The average molecular weight is 234 g/mol. The molecule has 15 heavy (non-hydrogen) atoms. The van der Waals surface area contributed by atoms with Gasteiger partial charge in [-0.1, -0.05) is 34.6 Å². The van der Waals surface area contributed by atoms with Crippen molar-refractivity contribution in [3.63, 3.8) is 0 Å². The van der Waals surface area contributed by atoms with E-state index in [9.17, 15) is 0 Å². The molecule has 0 aliphatic rings. The van der Waals surface area contributed by atoms with Crippen molar-refractivity contribution in [1.82, 2.24) is 14.4 Å². The molecule has 0 fully saturated rings. The van der Waals surface area contributed by atoms with Gasteiger partial charge < -0.3 is 0 Å².